The fraction of sp³-hybridized carbons (Fsp3) is 0.125. The molecule has 0 aromatic carbocycles. The zero-order valence-corrected chi connectivity index (χ0v) is 6.03. The fourth-order valence-corrected chi connectivity index (χ4v) is 0.814. The summed E-state index contributed by atoms with van der Waals surface area (Å²) in [6.07, 6.45) is 2.10. The van der Waals surface area contributed by atoms with Gasteiger partial charge in [-0.2, -0.15) is 5.26 Å². The van der Waals surface area contributed by atoms with Crippen LogP contribution in [0.2, 0.25) is 0 Å². The number of carbonyl (C=O) groups excluding carboxylic acids is 1. The number of nitriles is 1. The van der Waals surface area contributed by atoms with Crippen LogP contribution in [-0.4, -0.2) is 11.3 Å². The first-order valence-corrected chi connectivity index (χ1v) is 3.10. The highest BCUT2D eigenvalue weighted by atomic mass is 16.1. The summed E-state index contributed by atoms with van der Waals surface area (Å²) in [5, 5.41) is 8.58. The van der Waals surface area contributed by atoms with Crippen molar-refractivity contribution in [1.29, 1.82) is 5.26 Å². The van der Waals surface area contributed by atoms with E-state index in [9.17, 15) is 4.79 Å². The van der Waals surface area contributed by atoms with Gasteiger partial charge in [0.05, 0.1) is 5.56 Å². The number of pyridine rings is 1. The summed E-state index contributed by atoms with van der Waals surface area (Å²) in [6.45, 7) is 1.77. The van der Waals surface area contributed by atoms with Crippen molar-refractivity contribution in [3.8, 4) is 6.07 Å². The van der Waals surface area contributed by atoms with Crippen LogP contribution in [0.1, 0.15) is 21.6 Å². The number of aldehydes is 1. The number of aryl methyl sites for hydroxylation is 1. The van der Waals surface area contributed by atoms with Crippen LogP contribution in [0.25, 0.3) is 0 Å². The van der Waals surface area contributed by atoms with Gasteiger partial charge in [0.25, 0.3) is 0 Å². The molecule has 0 spiro atoms. The average molecular weight is 146 g/mol. The molecule has 0 saturated carbocycles. The molecule has 1 aromatic heterocycles. The van der Waals surface area contributed by atoms with Crippen molar-refractivity contribution in [3.05, 3.63) is 29.1 Å². The molecule has 0 bridgehead atoms. The van der Waals surface area contributed by atoms with Gasteiger partial charge in [0.2, 0.25) is 0 Å². The molecule has 0 fully saturated rings. The van der Waals surface area contributed by atoms with Gasteiger partial charge in [-0.1, -0.05) is 0 Å². The zero-order valence-electron chi connectivity index (χ0n) is 6.03. The summed E-state index contributed by atoms with van der Waals surface area (Å²) < 4.78 is 0. The highest BCUT2D eigenvalue weighted by molar-refractivity contribution is 5.76. The molecule has 0 aliphatic rings. The van der Waals surface area contributed by atoms with Crippen LogP contribution in [0.3, 0.4) is 0 Å². The molecule has 11 heavy (non-hydrogen) atoms. The van der Waals surface area contributed by atoms with Gasteiger partial charge in [-0.05, 0) is 18.6 Å². The number of rotatable bonds is 1. The highest BCUT2D eigenvalue weighted by Crippen LogP contribution is 2.07. The Balaban J connectivity index is 3.38. The molecule has 0 unspecified atom stereocenters. The lowest BCUT2D eigenvalue weighted by Gasteiger charge is -1.96. The highest BCUT2D eigenvalue weighted by Gasteiger charge is 2.03. The molecular weight excluding hydrogens is 140 g/mol. The van der Waals surface area contributed by atoms with Crippen molar-refractivity contribution < 1.29 is 4.79 Å². The molecule has 0 N–H and O–H groups in total. The summed E-state index contributed by atoms with van der Waals surface area (Å²) in [4.78, 5) is 14.1. The Labute approximate surface area is 64.3 Å². The van der Waals surface area contributed by atoms with Gasteiger partial charge in [-0.25, -0.2) is 0 Å². The SMILES string of the molecule is Cc1ccnc(C=O)c1C#N. The molecule has 1 aromatic rings. The molecule has 0 amide bonds. The second-order valence-electron chi connectivity index (χ2n) is 2.12. The smallest absolute Gasteiger partial charge is 0.169 e. The van der Waals surface area contributed by atoms with Crippen molar-refractivity contribution in [2.24, 2.45) is 0 Å². The van der Waals surface area contributed by atoms with Crippen LogP contribution in [0.5, 0.6) is 0 Å². The molecule has 0 radical (unpaired) electrons. The van der Waals surface area contributed by atoms with E-state index in [1.165, 1.54) is 6.20 Å². The Kier molecular flexibility index (Phi) is 1.98. The minimum absolute atomic E-state index is 0.215. The van der Waals surface area contributed by atoms with Gasteiger partial charge < -0.3 is 0 Å². The second kappa shape index (κ2) is 2.93. The normalized spacial score (nSPS) is 8.73. The molecule has 0 aliphatic heterocycles. The van der Waals surface area contributed by atoms with Crippen molar-refractivity contribution in [1.82, 2.24) is 4.98 Å². The number of hydrogen-bond donors (Lipinski definition) is 0. The number of carbonyl (C=O) groups is 1. The van der Waals surface area contributed by atoms with E-state index in [-0.39, 0.29) is 5.69 Å². The first-order valence-electron chi connectivity index (χ1n) is 3.10. The van der Waals surface area contributed by atoms with Gasteiger partial charge >= 0.3 is 0 Å². The molecule has 3 nitrogen and oxygen atoms in total. The summed E-state index contributed by atoms with van der Waals surface area (Å²) in [5.74, 6) is 0. The predicted molar refractivity (Wildman–Crippen MR) is 39.1 cm³/mol. The van der Waals surface area contributed by atoms with Crippen LogP contribution >= 0.6 is 0 Å². The third kappa shape index (κ3) is 1.24. The molecule has 3 heteroatoms. The largest absolute Gasteiger partial charge is 0.296 e. The second-order valence-corrected chi connectivity index (χ2v) is 2.12. The van der Waals surface area contributed by atoms with Crippen LogP contribution in [0.15, 0.2) is 12.3 Å². The third-order valence-corrected chi connectivity index (χ3v) is 1.41. The van der Waals surface area contributed by atoms with Crippen LogP contribution in [0, 0.1) is 18.3 Å². The number of aromatic nitrogens is 1. The maximum absolute atomic E-state index is 10.3. The van der Waals surface area contributed by atoms with Crippen molar-refractivity contribution >= 4 is 6.29 Å². The number of hydrogen-bond acceptors (Lipinski definition) is 3. The summed E-state index contributed by atoms with van der Waals surface area (Å²) in [6, 6.07) is 3.62. The first-order chi connectivity index (χ1) is 5.29. The minimum atomic E-state index is 0.215. The average Bonchev–Trinajstić information content (AvgIpc) is 2.04. The molecule has 1 heterocycles. The molecule has 1 rings (SSSR count). The maximum atomic E-state index is 10.3. The van der Waals surface area contributed by atoms with Gasteiger partial charge in [-0.15, -0.1) is 0 Å². The van der Waals surface area contributed by atoms with E-state index in [2.05, 4.69) is 4.98 Å². The van der Waals surface area contributed by atoms with Crippen LogP contribution in [-0.2, 0) is 0 Å². The molecule has 0 aliphatic carbocycles. The van der Waals surface area contributed by atoms with E-state index in [0.717, 1.165) is 5.56 Å². The van der Waals surface area contributed by atoms with E-state index in [1.807, 2.05) is 6.07 Å². The minimum Gasteiger partial charge on any atom is -0.296 e. The fourth-order valence-electron chi connectivity index (χ4n) is 0.814. The van der Waals surface area contributed by atoms with Gasteiger partial charge in [0, 0.05) is 6.20 Å². The zero-order chi connectivity index (χ0) is 8.27. The topological polar surface area (TPSA) is 53.8 Å². The standard InChI is InChI=1S/C8H6N2O/c1-6-2-3-10-8(5-11)7(6)4-9/h2-3,5H,1H3. The number of nitrogens with zero attached hydrogens (tertiary/aromatic N) is 2. The quantitative estimate of drug-likeness (QED) is 0.557. The Bertz CT molecular complexity index is 325. The summed E-state index contributed by atoms with van der Waals surface area (Å²) in [7, 11) is 0. The molecule has 54 valence electrons. The summed E-state index contributed by atoms with van der Waals surface area (Å²) in [5.41, 5.74) is 1.36. The molecule has 0 saturated heterocycles. The monoisotopic (exact) mass is 146 g/mol. The Morgan fingerprint density at radius 3 is 2.91 bits per heavy atom. The van der Waals surface area contributed by atoms with Gasteiger partial charge in [0.1, 0.15) is 11.8 Å². The maximum Gasteiger partial charge on any atom is 0.169 e. The van der Waals surface area contributed by atoms with Crippen LogP contribution in [0.4, 0.5) is 0 Å². The van der Waals surface area contributed by atoms with Crippen LogP contribution < -0.4 is 0 Å². The van der Waals surface area contributed by atoms with Crippen molar-refractivity contribution in [3.63, 3.8) is 0 Å². The van der Waals surface area contributed by atoms with E-state index < -0.39 is 0 Å². The predicted octanol–water partition coefficient (Wildman–Crippen LogP) is 1.07. The van der Waals surface area contributed by atoms with E-state index in [4.69, 9.17) is 5.26 Å². The first kappa shape index (κ1) is 7.42. The lowest BCUT2D eigenvalue weighted by molar-refractivity contribution is 0.111. The Hall–Kier alpha value is -1.69. The Morgan fingerprint density at radius 2 is 2.45 bits per heavy atom. The van der Waals surface area contributed by atoms with Gasteiger partial charge in [0.15, 0.2) is 6.29 Å². The van der Waals surface area contributed by atoms with Gasteiger partial charge in [-0.3, -0.25) is 9.78 Å². The van der Waals surface area contributed by atoms with E-state index >= 15 is 0 Å². The van der Waals surface area contributed by atoms with E-state index in [1.54, 1.807) is 13.0 Å². The van der Waals surface area contributed by atoms with E-state index in [0.29, 0.717) is 11.8 Å². The lowest BCUT2D eigenvalue weighted by atomic mass is 10.1. The third-order valence-electron chi connectivity index (χ3n) is 1.41. The lowest BCUT2D eigenvalue weighted by Crippen LogP contribution is -1.94. The van der Waals surface area contributed by atoms with Crippen molar-refractivity contribution in [2.75, 3.05) is 0 Å². The Morgan fingerprint density at radius 1 is 1.73 bits per heavy atom. The summed E-state index contributed by atoms with van der Waals surface area (Å²) >= 11 is 0. The molecular formula is C8H6N2O. The van der Waals surface area contributed by atoms with Crippen molar-refractivity contribution in [2.45, 2.75) is 6.92 Å². The molecule has 0 atom stereocenters.